The van der Waals surface area contributed by atoms with Crippen molar-refractivity contribution in [1.82, 2.24) is 5.32 Å². The van der Waals surface area contributed by atoms with Crippen molar-refractivity contribution in [2.75, 3.05) is 20.2 Å². The molecule has 1 fully saturated rings. The van der Waals surface area contributed by atoms with E-state index in [0.29, 0.717) is 0 Å². The highest BCUT2D eigenvalue weighted by atomic mass is 16.5. The number of hydrogen-bond acceptors (Lipinski definition) is 3. The molecule has 4 nitrogen and oxygen atoms in total. The normalized spacial score (nSPS) is 26.6. The van der Waals surface area contributed by atoms with E-state index in [2.05, 4.69) is 5.32 Å². The first-order chi connectivity index (χ1) is 5.75. The first-order valence-corrected chi connectivity index (χ1v) is 4.22. The lowest BCUT2D eigenvalue weighted by Crippen LogP contribution is -2.41. The molecule has 1 rings (SSSR count). The molecule has 1 aliphatic heterocycles. The number of aliphatic carboxylic acids is 1. The summed E-state index contributed by atoms with van der Waals surface area (Å²) >= 11 is 0. The Kier molecular flexibility index (Phi) is 3.49. The largest absolute Gasteiger partial charge is 0.479 e. The molecule has 1 saturated heterocycles. The molecule has 0 bridgehead atoms. The van der Waals surface area contributed by atoms with Gasteiger partial charge in [0.15, 0.2) is 6.10 Å². The van der Waals surface area contributed by atoms with Crippen LogP contribution in [0, 0.1) is 5.92 Å². The summed E-state index contributed by atoms with van der Waals surface area (Å²) in [6.07, 6.45) is 1.34. The molecule has 0 saturated carbocycles. The Balaban J connectivity index is 2.46. The van der Waals surface area contributed by atoms with Crippen LogP contribution in [0.3, 0.4) is 0 Å². The maximum atomic E-state index is 10.7. The molecule has 0 spiro atoms. The van der Waals surface area contributed by atoms with Gasteiger partial charge in [-0.05, 0) is 19.4 Å². The van der Waals surface area contributed by atoms with Crippen LogP contribution in [0.5, 0.6) is 0 Å². The minimum Gasteiger partial charge on any atom is -0.479 e. The Morgan fingerprint density at radius 1 is 1.75 bits per heavy atom. The Hall–Kier alpha value is -0.610. The fourth-order valence-electron chi connectivity index (χ4n) is 1.63. The Bertz CT molecular complexity index is 154. The molecule has 1 aliphatic rings. The Morgan fingerprint density at radius 3 is 2.92 bits per heavy atom. The molecule has 2 unspecified atom stereocenters. The topological polar surface area (TPSA) is 58.6 Å². The van der Waals surface area contributed by atoms with Gasteiger partial charge in [0.25, 0.3) is 0 Å². The van der Waals surface area contributed by atoms with Crippen molar-refractivity contribution in [2.24, 2.45) is 5.92 Å². The van der Waals surface area contributed by atoms with Crippen LogP contribution in [-0.2, 0) is 9.53 Å². The monoisotopic (exact) mass is 173 g/mol. The molecule has 0 aliphatic carbocycles. The molecule has 0 aromatic rings. The lowest BCUT2D eigenvalue weighted by atomic mass is 9.94. The SMILES string of the molecule is COC(C(=O)O)C1CCCNC1. The van der Waals surface area contributed by atoms with Gasteiger partial charge in [-0.15, -0.1) is 0 Å². The molecule has 70 valence electrons. The van der Waals surface area contributed by atoms with Gasteiger partial charge in [-0.3, -0.25) is 0 Å². The second-order valence-corrected chi connectivity index (χ2v) is 3.10. The van der Waals surface area contributed by atoms with Crippen LogP contribution in [0.25, 0.3) is 0 Å². The summed E-state index contributed by atoms with van der Waals surface area (Å²) in [6, 6.07) is 0. The van der Waals surface area contributed by atoms with Gasteiger partial charge in [-0.25, -0.2) is 4.79 Å². The molecule has 0 amide bonds. The van der Waals surface area contributed by atoms with E-state index >= 15 is 0 Å². The third-order valence-electron chi connectivity index (χ3n) is 2.26. The second-order valence-electron chi connectivity index (χ2n) is 3.10. The number of carboxylic acids is 1. The second kappa shape index (κ2) is 4.42. The summed E-state index contributed by atoms with van der Waals surface area (Å²) in [6.45, 7) is 1.75. The van der Waals surface area contributed by atoms with Crippen molar-refractivity contribution in [2.45, 2.75) is 18.9 Å². The zero-order chi connectivity index (χ0) is 8.97. The molecule has 0 aromatic carbocycles. The van der Waals surface area contributed by atoms with E-state index in [1.807, 2.05) is 0 Å². The van der Waals surface area contributed by atoms with E-state index in [4.69, 9.17) is 9.84 Å². The van der Waals surface area contributed by atoms with Crippen molar-refractivity contribution in [3.8, 4) is 0 Å². The Morgan fingerprint density at radius 2 is 2.50 bits per heavy atom. The highest BCUT2D eigenvalue weighted by Crippen LogP contribution is 2.16. The molecule has 2 atom stereocenters. The summed E-state index contributed by atoms with van der Waals surface area (Å²) in [5, 5.41) is 11.9. The van der Waals surface area contributed by atoms with E-state index < -0.39 is 12.1 Å². The average Bonchev–Trinajstić information content (AvgIpc) is 2.07. The van der Waals surface area contributed by atoms with Gasteiger partial charge in [0, 0.05) is 19.6 Å². The molecule has 12 heavy (non-hydrogen) atoms. The maximum absolute atomic E-state index is 10.7. The number of rotatable bonds is 3. The lowest BCUT2D eigenvalue weighted by molar-refractivity contribution is -0.152. The number of hydrogen-bond donors (Lipinski definition) is 2. The van der Waals surface area contributed by atoms with Gasteiger partial charge in [-0.2, -0.15) is 0 Å². The lowest BCUT2D eigenvalue weighted by Gasteiger charge is -2.26. The smallest absolute Gasteiger partial charge is 0.333 e. The quantitative estimate of drug-likeness (QED) is 0.635. The summed E-state index contributed by atoms with van der Waals surface area (Å²) in [5.74, 6) is -0.729. The van der Waals surface area contributed by atoms with E-state index in [-0.39, 0.29) is 5.92 Å². The van der Waals surface area contributed by atoms with E-state index in [1.165, 1.54) is 7.11 Å². The summed E-state index contributed by atoms with van der Waals surface area (Å²) in [4.78, 5) is 10.7. The first-order valence-electron chi connectivity index (χ1n) is 4.22. The van der Waals surface area contributed by atoms with Gasteiger partial charge >= 0.3 is 5.97 Å². The van der Waals surface area contributed by atoms with Crippen LogP contribution in [-0.4, -0.2) is 37.4 Å². The predicted octanol–water partition coefficient (Wildman–Crippen LogP) is 0.0856. The van der Waals surface area contributed by atoms with Crippen molar-refractivity contribution in [3.63, 3.8) is 0 Å². The fourth-order valence-corrected chi connectivity index (χ4v) is 1.63. The number of methoxy groups -OCH3 is 1. The molecule has 2 N–H and O–H groups in total. The van der Waals surface area contributed by atoms with Crippen molar-refractivity contribution >= 4 is 5.97 Å². The highest BCUT2D eigenvalue weighted by Gasteiger charge is 2.28. The number of nitrogens with one attached hydrogen (secondary N) is 1. The van der Waals surface area contributed by atoms with Crippen molar-refractivity contribution in [3.05, 3.63) is 0 Å². The zero-order valence-corrected chi connectivity index (χ0v) is 7.25. The van der Waals surface area contributed by atoms with Gasteiger partial charge < -0.3 is 15.2 Å². The number of carboxylic acid groups (broad SMARTS) is 1. The average molecular weight is 173 g/mol. The van der Waals surface area contributed by atoms with Gasteiger partial charge in [-0.1, -0.05) is 0 Å². The number of ether oxygens (including phenoxy) is 1. The molecule has 4 heteroatoms. The third kappa shape index (κ3) is 2.19. The van der Waals surface area contributed by atoms with Gasteiger partial charge in [0.05, 0.1) is 0 Å². The summed E-state index contributed by atoms with van der Waals surface area (Å²) < 4.78 is 4.91. The minimum atomic E-state index is -0.855. The van der Waals surface area contributed by atoms with Crippen molar-refractivity contribution in [1.29, 1.82) is 0 Å². The van der Waals surface area contributed by atoms with Gasteiger partial charge in [0.1, 0.15) is 0 Å². The highest BCUT2D eigenvalue weighted by molar-refractivity contribution is 5.72. The molecule has 1 heterocycles. The van der Waals surface area contributed by atoms with Crippen LogP contribution >= 0.6 is 0 Å². The third-order valence-corrected chi connectivity index (χ3v) is 2.26. The molecular weight excluding hydrogens is 158 g/mol. The molecule has 0 aromatic heterocycles. The first kappa shape index (κ1) is 9.48. The number of piperidine rings is 1. The van der Waals surface area contributed by atoms with E-state index in [1.54, 1.807) is 0 Å². The molecular formula is C8H15NO3. The summed E-state index contributed by atoms with van der Waals surface area (Å²) in [7, 11) is 1.45. The van der Waals surface area contributed by atoms with Crippen LogP contribution in [0.4, 0.5) is 0 Å². The van der Waals surface area contributed by atoms with Crippen molar-refractivity contribution < 1.29 is 14.6 Å². The summed E-state index contributed by atoms with van der Waals surface area (Å²) in [5.41, 5.74) is 0. The minimum absolute atomic E-state index is 0.126. The van der Waals surface area contributed by atoms with E-state index in [9.17, 15) is 4.79 Å². The van der Waals surface area contributed by atoms with Crippen LogP contribution in [0.2, 0.25) is 0 Å². The standard InChI is InChI=1S/C8H15NO3/c1-12-7(8(10)11)6-3-2-4-9-5-6/h6-7,9H,2-5H2,1H3,(H,10,11). The number of carbonyl (C=O) groups is 1. The maximum Gasteiger partial charge on any atom is 0.333 e. The zero-order valence-electron chi connectivity index (χ0n) is 7.25. The Labute approximate surface area is 71.9 Å². The molecule has 0 radical (unpaired) electrons. The predicted molar refractivity (Wildman–Crippen MR) is 44.0 cm³/mol. The van der Waals surface area contributed by atoms with Crippen LogP contribution in [0.15, 0.2) is 0 Å². The van der Waals surface area contributed by atoms with Crippen LogP contribution < -0.4 is 5.32 Å². The van der Waals surface area contributed by atoms with Crippen LogP contribution in [0.1, 0.15) is 12.8 Å². The van der Waals surface area contributed by atoms with E-state index in [0.717, 1.165) is 25.9 Å². The fraction of sp³-hybridized carbons (Fsp3) is 0.875. The van der Waals surface area contributed by atoms with Gasteiger partial charge in [0.2, 0.25) is 0 Å².